The predicted octanol–water partition coefficient (Wildman–Crippen LogP) is 1.86. The first-order valence-corrected chi connectivity index (χ1v) is 5.43. The Morgan fingerprint density at radius 1 is 1.38 bits per heavy atom. The first-order chi connectivity index (χ1) is 5.93. The lowest BCUT2D eigenvalue weighted by Crippen LogP contribution is -2.51. The molecule has 1 aliphatic rings. The van der Waals surface area contributed by atoms with Gasteiger partial charge in [0, 0.05) is 30.7 Å². The molecule has 0 saturated carbocycles. The highest BCUT2D eigenvalue weighted by Crippen LogP contribution is 2.20. The summed E-state index contributed by atoms with van der Waals surface area (Å²) in [6.45, 7) is 13.8. The minimum absolute atomic E-state index is 0.304. The second-order valence-corrected chi connectivity index (χ2v) is 5.17. The second kappa shape index (κ2) is 3.97. The zero-order valence-corrected chi connectivity index (χ0v) is 9.72. The fourth-order valence-corrected chi connectivity index (χ4v) is 2.22. The Kier molecular flexibility index (Phi) is 3.36. The maximum Gasteiger partial charge on any atom is 0.0280 e. The van der Waals surface area contributed by atoms with Crippen LogP contribution in [-0.4, -0.2) is 35.6 Å². The van der Waals surface area contributed by atoms with Crippen molar-refractivity contribution < 1.29 is 0 Å². The molecule has 1 N–H and O–H groups in total. The quantitative estimate of drug-likeness (QED) is 0.669. The highest BCUT2D eigenvalue weighted by molar-refractivity contribution is 4.90. The topological polar surface area (TPSA) is 15.3 Å². The molecule has 0 aliphatic carbocycles. The molecule has 1 aliphatic heterocycles. The van der Waals surface area contributed by atoms with Crippen molar-refractivity contribution in [3.8, 4) is 0 Å². The summed E-state index contributed by atoms with van der Waals surface area (Å²) in [6, 6.07) is 1.32. The van der Waals surface area contributed by atoms with Crippen LogP contribution in [0.25, 0.3) is 0 Å². The van der Waals surface area contributed by atoms with Crippen LogP contribution in [0.2, 0.25) is 0 Å². The molecular formula is C11H24N2. The Morgan fingerprint density at radius 2 is 2.00 bits per heavy atom. The number of nitrogens with one attached hydrogen (secondary N) is 1. The van der Waals surface area contributed by atoms with E-state index in [9.17, 15) is 0 Å². The predicted molar refractivity (Wildman–Crippen MR) is 58.0 cm³/mol. The normalized spacial score (nSPS) is 30.5. The highest BCUT2D eigenvalue weighted by atomic mass is 15.2. The molecule has 1 rings (SSSR count). The van der Waals surface area contributed by atoms with Crippen LogP contribution in [0.15, 0.2) is 0 Å². The Labute approximate surface area is 82.7 Å². The molecule has 2 nitrogen and oxygen atoms in total. The summed E-state index contributed by atoms with van der Waals surface area (Å²) in [6.07, 6.45) is 1.27. The summed E-state index contributed by atoms with van der Waals surface area (Å²) >= 11 is 0. The molecule has 78 valence electrons. The van der Waals surface area contributed by atoms with E-state index in [0.717, 1.165) is 6.54 Å². The van der Waals surface area contributed by atoms with Crippen molar-refractivity contribution in [2.24, 2.45) is 0 Å². The molecule has 1 fully saturated rings. The first-order valence-electron chi connectivity index (χ1n) is 5.43. The van der Waals surface area contributed by atoms with Gasteiger partial charge in [0.25, 0.3) is 0 Å². The van der Waals surface area contributed by atoms with Gasteiger partial charge in [-0.25, -0.2) is 0 Å². The average molecular weight is 184 g/mol. The van der Waals surface area contributed by atoms with Crippen molar-refractivity contribution >= 4 is 0 Å². The molecule has 1 saturated heterocycles. The van der Waals surface area contributed by atoms with Crippen LogP contribution >= 0.6 is 0 Å². The van der Waals surface area contributed by atoms with Gasteiger partial charge in [-0.1, -0.05) is 0 Å². The second-order valence-electron chi connectivity index (χ2n) is 5.17. The third kappa shape index (κ3) is 2.68. The summed E-state index contributed by atoms with van der Waals surface area (Å²) in [4.78, 5) is 2.60. The largest absolute Gasteiger partial charge is 0.312 e. The van der Waals surface area contributed by atoms with Gasteiger partial charge < -0.3 is 5.32 Å². The Morgan fingerprint density at radius 3 is 2.54 bits per heavy atom. The van der Waals surface area contributed by atoms with Gasteiger partial charge >= 0.3 is 0 Å². The van der Waals surface area contributed by atoms with Crippen LogP contribution in [0.5, 0.6) is 0 Å². The summed E-state index contributed by atoms with van der Waals surface area (Å²) < 4.78 is 0. The third-order valence-corrected chi connectivity index (χ3v) is 3.09. The van der Waals surface area contributed by atoms with Crippen LogP contribution in [-0.2, 0) is 0 Å². The van der Waals surface area contributed by atoms with Gasteiger partial charge in [0.05, 0.1) is 0 Å². The fourth-order valence-electron chi connectivity index (χ4n) is 2.22. The zero-order valence-electron chi connectivity index (χ0n) is 9.72. The molecule has 1 unspecified atom stereocenters. The lowest BCUT2D eigenvalue weighted by molar-refractivity contribution is 0.0968. The van der Waals surface area contributed by atoms with Crippen LogP contribution < -0.4 is 5.32 Å². The minimum atomic E-state index is 0.304. The number of rotatable bonds is 1. The van der Waals surface area contributed by atoms with Gasteiger partial charge in [-0.3, -0.25) is 4.90 Å². The third-order valence-electron chi connectivity index (χ3n) is 3.09. The smallest absolute Gasteiger partial charge is 0.0280 e. The van der Waals surface area contributed by atoms with Crippen LogP contribution in [0.3, 0.4) is 0 Å². The molecule has 2 heteroatoms. The Hall–Kier alpha value is -0.0800. The average Bonchev–Trinajstić information content (AvgIpc) is 2.11. The summed E-state index contributed by atoms with van der Waals surface area (Å²) in [7, 11) is 0. The van der Waals surface area contributed by atoms with E-state index >= 15 is 0 Å². The van der Waals surface area contributed by atoms with Crippen molar-refractivity contribution in [2.75, 3.05) is 13.1 Å². The van der Waals surface area contributed by atoms with E-state index in [1.165, 1.54) is 13.0 Å². The van der Waals surface area contributed by atoms with E-state index in [4.69, 9.17) is 0 Å². The van der Waals surface area contributed by atoms with Crippen molar-refractivity contribution in [3.63, 3.8) is 0 Å². The molecule has 0 aromatic carbocycles. The SMILES string of the molecule is CC1CCN(C(C)C)C(C)(C)CN1. The molecular weight excluding hydrogens is 160 g/mol. The van der Waals surface area contributed by atoms with Gasteiger partial charge in [-0.2, -0.15) is 0 Å². The monoisotopic (exact) mass is 184 g/mol. The number of hydrogen-bond acceptors (Lipinski definition) is 2. The standard InChI is InChI=1S/C11H24N2/c1-9(2)13-7-6-10(3)12-8-11(13,4)5/h9-10,12H,6-8H2,1-5H3. The number of hydrogen-bond donors (Lipinski definition) is 1. The van der Waals surface area contributed by atoms with Crippen molar-refractivity contribution in [1.29, 1.82) is 0 Å². The molecule has 0 radical (unpaired) electrons. The summed E-state index contributed by atoms with van der Waals surface area (Å²) in [5.41, 5.74) is 0.304. The van der Waals surface area contributed by atoms with Gasteiger partial charge in [0.1, 0.15) is 0 Å². The molecule has 1 heterocycles. The van der Waals surface area contributed by atoms with Crippen LogP contribution in [0, 0.1) is 0 Å². The minimum Gasteiger partial charge on any atom is -0.312 e. The lowest BCUT2D eigenvalue weighted by Gasteiger charge is -2.39. The van der Waals surface area contributed by atoms with E-state index in [1.54, 1.807) is 0 Å². The van der Waals surface area contributed by atoms with E-state index in [1.807, 2.05) is 0 Å². The van der Waals surface area contributed by atoms with Gasteiger partial charge in [0.15, 0.2) is 0 Å². The van der Waals surface area contributed by atoms with Crippen LogP contribution in [0.4, 0.5) is 0 Å². The Balaban J connectivity index is 2.68. The maximum atomic E-state index is 3.58. The molecule has 0 aromatic rings. The summed E-state index contributed by atoms with van der Waals surface area (Å²) in [5.74, 6) is 0. The maximum absolute atomic E-state index is 3.58. The van der Waals surface area contributed by atoms with Crippen molar-refractivity contribution in [2.45, 2.75) is 58.7 Å². The molecule has 0 amide bonds. The number of nitrogens with zero attached hydrogens (tertiary/aromatic N) is 1. The molecule has 0 bridgehead atoms. The first kappa shape index (κ1) is 11.0. The molecule has 1 atom stereocenters. The van der Waals surface area contributed by atoms with Crippen molar-refractivity contribution in [1.82, 2.24) is 10.2 Å². The summed E-state index contributed by atoms with van der Waals surface area (Å²) in [5, 5.41) is 3.58. The van der Waals surface area contributed by atoms with E-state index in [-0.39, 0.29) is 0 Å². The lowest BCUT2D eigenvalue weighted by atomic mass is 10.0. The van der Waals surface area contributed by atoms with Gasteiger partial charge in [-0.05, 0) is 41.0 Å². The van der Waals surface area contributed by atoms with E-state index in [2.05, 4.69) is 44.8 Å². The fraction of sp³-hybridized carbons (Fsp3) is 1.00. The highest BCUT2D eigenvalue weighted by Gasteiger charge is 2.31. The molecule has 0 spiro atoms. The van der Waals surface area contributed by atoms with Gasteiger partial charge in [0.2, 0.25) is 0 Å². The van der Waals surface area contributed by atoms with E-state index < -0.39 is 0 Å². The van der Waals surface area contributed by atoms with Crippen LogP contribution in [0.1, 0.15) is 41.0 Å². The van der Waals surface area contributed by atoms with Crippen molar-refractivity contribution in [3.05, 3.63) is 0 Å². The Bertz CT molecular complexity index is 163. The van der Waals surface area contributed by atoms with E-state index in [0.29, 0.717) is 17.6 Å². The van der Waals surface area contributed by atoms with Gasteiger partial charge in [-0.15, -0.1) is 0 Å². The molecule has 13 heavy (non-hydrogen) atoms. The molecule has 0 aromatic heterocycles. The zero-order chi connectivity index (χ0) is 10.1.